The SMILES string of the molecule is CCOC(=O)/C(=C\C=C(/C)CC/C=C(\C)CC/C=C(\C)CO)C(C)C. The van der Waals surface area contributed by atoms with Crippen LogP contribution in [0.15, 0.2) is 46.6 Å². The van der Waals surface area contributed by atoms with Gasteiger partial charge in [0.15, 0.2) is 0 Å². The third-order valence-electron chi connectivity index (χ3n) is 3.99. The summed E-state index contributed by atoms with van der Waals surface area (Å²) in [4.78, 5) is 11.9. The first kappa shape index (κ1) is 23.4. The van der Waals surface area contributed by atoms with Crippen molar-refractivity contribution in [2.24, 2.45) is 5.92 Å². The van der Waals surface area contributed by atoms with E-state index in [1.165, 1.54) is 11.1 Å². The number of carbonyl (C=O) groups is 1. The molecule has 142 valence electrons. The highest BCUT2D eigenvalue weighted by molar-refractivity contribution is 5.89. The molecule has 0 aliphatic carbocycles. The second kappa shape index (κ2) is 13.7. The number of aliphatic hydroxyl groups is 1. The minimum Gasteiger partial charge on any atom is -0.463 e. The van der Waals surface area contributed by atoms with Crippen LogP contribution in [0.2, 0.25) is 0 Å². The molecule has 3 heteroatoms. The molecule has 0 aromatic rings. The van der Waals surface area contributed by atoms with E-state index in [1.54, 1.807) is 0 Å². The number of ether oxygens (including phenoxy) is 1. The summed E-state index contributed by atoms with van der Waals surface area (Å²) in [6.45, 7) is 12.6. The molecular formula is C22H36O3. The highest BCUT2D eigenvalue weighted by atomic mass is 16.5. The molecule has 0 rings (SSSR count). The van der Waals surface area contributed by atoms with Crippen LogP contribution in [-0.2, 0) is 9.53 Å². The van der Waals surface area contributed by atoms with Gasteiger partial charge in [0.2, 0.25) is 0 Å². The third-order valence-corrected chi connectivity index (χ3v) is 3.99. The zero-order chi connectivity index (χ0) is 19.2. The molecule has 1 N–H and O–H groups in total. The van der Waals surface area contributed by atoms with Crippen molar-refractivity contribution >= 4 is 5.97 Å². The second-order valence-corrected chi connectivity index (χ2v) is 6.85. The van der Waals surface area contributed by atoms with Gasteiger partial charge in [0, 0.05) is 5.57 Å². The molecule has 0 saturated carbocycles. The number of rotatable bonds is 11. The summed E-state index contributed by atoms with van der Waals surface area (Å²) < 4.78 is 5.11. The average molecular weight is 349 g/mol. The van der Waals surface area contributed by atoms with Crippen molar-refractivity contribution in [1.29, 1.82) is 0 Å². The van der Waals surface area contributed by atoms with E-state index in [4.69, 9.17) is 9.84 Å². The summed E-state index contributed by atoms with van der Waals surface area (Å²) >= 11 is 0. The van der Waals surface area contributed by atoms with Gasteiger partial charge in [0.25, 0.3) is 0 Å². The quantitative estimate of drug-likeness (QED) is 0.231. The topological polar surface area (TPSA) is 46.5 Å². The van der Waals surface area contributed by atoms with Crippen molar-refractivity contribution in [2.75, 3.05) is 13.2 Å². The molecule has 0 spiro atoms. The van der Waals surface area contributed by atoms with E-state index in [0.29, 0.717) is 6.61 Å². The smallest absolute Gasteiger partial charge is 0.334 e. The fourth-order valence-electron chi connectivity index (χ4n) is 2.29. The molecular weight excluding hydrogens is 312 g/mol. The van der Waals surface area contributed by atoms with E-state index in [0.717, 1.165) is 36.8 Å². The Morgan fingerprint density at radius 1 is 0.960 bits per heavy atom. The van der Waals surface area contributed by atoms with Crippen LogP contribution in [-0.4, -0.2) is 24.3 Å². The normalized spacial score (nSPS) is 14.2. The summed E-state index contributed by atoms with van der Waals surface area (Å²) in [5.41, 5.74) is 4.38. The summed E-state index contributed by atoms with van der Waals surface area (Å²) in [5.74, 6) is -0.0656. The van der Waals surface area contributed by atoms with E-state index in [2.05, 4.69) is 26.0 Å². The Morgan fingerprint density at radius 3 is 2.04 bits per heavy atom. The van der Waals surface area contributed by atoms with Crippen molar-refractivity contribution in [2.45, 2.75) is 67.2 Å². The van der Waals surface area contributed by atoms with Gasteiger partial charge in [-0.1, -0.05) is 54.9 Å². The van der Waals surface area contributed by atoms with Crippen molar-refractivity contribution in [3.63, 3.8) is 0 Å². The van der Waals surface area contributed by atoms with Crippen molar-refractivity contribution < 1.29 is 14.6 Å². The van der Waals surface area contributed by atoms with Gasteiger partial charge in [-0.05, 0) is 59.3 Å². The van der Waals surface area contributed by atoms with E-state index < -0.39 is 0 Å². The molecule has 0 fully saturated rings. The number of esters is 1. The maximum Gasteiger partial charge on any atom is 0.334 e. The first-order valence-electron chi connectivity index (χ1n) is 9.28. The molecule has 0 bridgehead atoms. The van der Waals surface area contributed by atoms with E-state index >= 15 is 0 Å². The maximum absolute atomic E-state index is 11.9. The number of hydrogen-bond donors (Lipinski definition) is 1. The number of hydrogen-bond acceptors (Lipinski definition) is 3. The highest BCUT2D eigenvalue weighted by Gasteiger charge is 2.13. The zero-order valence-corrected chi connectivity index (χ0v) is 16.9. The average Bonchev–Trinajstić information content (AvgIpc) is 2.54. The fourth-order valence-corrected chi connectivity index (χ4v) is 2.29. The molecule has 0 heterocycles. The van der Waals surface area contributed by atoms with E-state index in [9.17, 15) is 4.79 Å². The lowest BCUT2D eigenvalue weighted by Gasteiger charge is -2.09. The Labute approximate surface area is 154 Å². The summed E-state index contributed by atoms with van der Waals surface area (Å²) in [6, 6.07) is 0. The van der Waals surface area contributed by atoms with Crippen LogP contribution in [0.3, 0.4) is 0 Å². The first-order valence-corrected chi connectivity index (χ1v) is 9.28. The van der Waals surface area contributed by atoms with Crippen LogP contribution >= 0.6 is 0 Å². The summed E-state index contributed by atoms with van der Waals surface area (Å²) in [7, 11) is 0. The van der Waals surface area contributed by atoms with Crippen molar-refractivity contribution in [3.05, 3.63) is 46.6 Å². The molecule has 0 amide bonds. The lowest BCUT2D eigenvalue weighted by atomic mass is 10.0. The largest absolute Gasteiger partial charge is 0.463 e. The van der Waals surface area contributed by atoms with Crippen LogP contribution in [0.25, 0.3) is 0 Å². The molecule has 0 aromatic heterocycles. The first-order chi connectivity index (χ1) is 11.8. The van der Waals surface area contributed by atoms with E-state index in [1.807, 2.05) is 39.8 Å². The van der Waals surface area contributed by atoms with Crippen molar-refractivity contribution in [3.8, 4) is 0 Å². The lowest BCUT2D eigenvalue weighted by Crippen LogP contribution is -2.12. The molecule has 0 radical (unpaired) electrons. The van der Waals surface area contributed by atoms with Crippen LogP contribution in [0.5, 0.6) is 0 Å². The van der Waals surface area contributed by atoms with Gasteiger partial charge in [-0.3, -0.25) is 0 Å². The minimum absolute atomic E-state index is 0.143. The predicted octanol–water partition coefficient (Wildman–Crippen LogP) is 5.52. The molecule has 3 nitrogen and oxygen atoms in total. The second-order valence-electron chi connectivity index (χ2n) is 6.85. The monoisotopic (exact) mass is 348 g/mol. The Morgan fingerprint density at radius 2 is 1.52 bits per heavy atom. The fraction of sp³-hybridized carbons (Fsp3) is 0.591. The van der Waals surface area contributed by atoms with Gasteiger partial charge in [-0.25, -0.2) is 4.79 Å². The van der Waals surface area contributed by atoms with Gasteiger partial charge in [-0.15, -0.1) is 0 Å². The Kier molecular flexibility index (Phi) is 12.8. The Bertz CT molecular complexity index is 519. The molecule has 25 heavy (non-hydrogen) atoms. The highest BCUT2D eigenvalue weighted by Crippen LogP contribution is 2.15. The van der Waals surface area contributed by atoms with Crippen LogP contribution in [0.1, 0.15) is 67.2 Å². The number of carbonyl (C=O) groups excluding carboxylic acids is 1. The molecule has 0 aliphatic heterocycles. The van der Waals surface area contributed by atoms with Gasteiger partial charge >= 0.3 is 5.97 Å². The van der Waals surface area contributed by atoms with Crippen LogP contribution in [0.4, 0.5) is 0 Å². The lowest BCUT2D eigenvalue weighted by molar-refractivity contribution is -0.139. The van der Waals surface area contributed by atoms with Gasteiger partial charge < -0.3 is 9.84 Å². The molecule has 0 atom stereocenters. The Balaban J connectivity index is 4.54. The van der Waals surface area contributed by atoms with Gasteiger partial charge in [-0.2, -0.15) is 0 Å². The number of aliphatic hydroxyl groups excluding tert-OH is 1. The Hall–Kier alpha value is -1.61. The zero-order valence-electron chi connectivity index (χ0n) is 16.9. The third kappa shape index (κ3) is 11.5. The van der Waals surface area contributed by atoms with Crippen LogP contribution < -0.4 is 0 Å². The van der Waals surface area contributed by atoms with Gasteiger partial charge in [0.1, 0.15) is 0 Å². The number of allylic oxidation sites excluding steroid dienone is 6. The minimum atomic E-state index is -0.219. The molecule has 0 aliphatic rings. The van der Waals surface area contributed by atoms with Crippen molar-refractivity contribution in [1.82, 2.24) is 0 Å². The van der Waals surface area contributed by atoms with Crippen LogP contribution in [0, 0.1) is 5.92 Å². The summed E-state index contributed by atoms with van der Waals surface area (Å²) in [5, 5.41) is 8.97. The van der Waals surface area contributed by atoms with Gasteiger partial charge in [0.05, 0.1) is 13.2 Å². The molecule has 0 unspecified atom stereocenters. The molecule has 0 saturated heterocycles. The maximum atomic E-state index is 11.9. The molecule has 0 aromatic carbocycles. The van der Waals surface area contributed by atoms with E-state index in [-0.39, 0.29) is 18.5 Å². The predicted molar refractivity (Wildman–Crippen MR) is 106 cm³/mol. The standard InChI is InChI=1S/C22H36O3/c1-7-25-22(24)21(17(2)3)15-14-19(5)12-8-10-18(4)11-9-13-20(6)16-23/h10,13-15,17,23H,7-9,11-12,16H2,1-6H3/b18-10+,19-14+,20-13+,21-15-. The summed E-state index contributed by atoms with van der Waals surface area (Å²) in [6.07, 6.45) is 12.3.